The van der Waals surface area contributed by atoms with Crippen molar-refractivity contribution in [1.29, 1.82) is 0 Å². The zero-order valence-electron chi connectivity index (χ0n) is 12.8. The number of benzene rings is 1. The third-order valence-electron chi connectivity index (χ3n) is 4.03. The van der Waals surface area contributed by atoms with Gasteiger partial charge in [-0.3, -0.25) is 0 Å². The Balaban J connectivity index is 3.04. The van der Waals surface area contributed by atoms with Gasteiger partial charge >= 0.3 is 0 Å². The first kappa shape index (κ1) is 18.1. The van der Waals surface area contributed by atoms with E-state index < -0.39 is 10.0 Å². The zero-order chi connectivity index (χ0) is 16.1. The molecule has 0 saturated heterocycles. The molecule has 0 radical (unpaired) electrons. The lowest BCUT2D eigenvalue weighted by Crippen LogP contribution is -2.47. The number of hydrogen-bond donors (Lipinski definition) is 2. The van der Waals surface area contributed by atoms with E-state index in [1.165, 1.54) is 0 Å². The average Bonchev–Trinajstić information content (AvgIpc) is 2.45. The number of nitrogens with two attached hydrogens (primary N) is 1. The van der Waals surface area contributed by atoms with Gasteiger partial charge in [0.2, 0.25) is 10.0 Å². The fourth-order valence-corrected chi connectivity index (χ4v) is 4.45. The Morgan fingerprint density at radius 1 is 1.19 bits per heavy atom. The van der Waals surface area contributed by atoms with Gasteiger partial charge in [-0.05, 0) is 24.8 Å². The second-order valence-corrected chi connectivity index (χ2v) is 7.39. The summed E-state index contributed by atoms with van der Waals surface area (Å²) in [6.45, 7) is 6.00. The molecule has 1 aromatic carbocycles. The van der Waals surface area contributed by atoms with Crippen LogP contribution < -0.4 is 10.5 Å². The van der Waals surface area contributed by atoms with Crippen LogP contribution in [0.25, 0.3) is 0 Å². The lowest BCUT2D eigenvalue weighted by molar-refractivity contribution is 0.341. The van der Waals surface area contributed by atoms with E-state index in [1.54, 1.807) is 24.3 Å². The molecule has 4 nitrogen and oxygen atoms in total. The maximum Gasteiger partial charge on any atom is 0.216 e. The molecule has 1 rings (SSSR count). The molecule has 1 aromatic rings. The topological polar surface area (TPSA) is 72.2 Å². The van der Waals surface area contributed by atoms with Gasteiger partial charge < -0.3 is 5.73 Å². The molecule has 0 aliphatic rings. The molecule has 21 heavy (non-hydrogen) atoms. The molecule has 0 aliphatic heterocycles. The lowest BCUT2D eigenvalue weighted by Gasteiger charge is -2.31. The van der Waals surface area contributed by atoms with Gasteiger partial charge in [0.15, 0.2) is 0 Å². The summed E-state index contributed by atoms with van der Waals surface area (Å²) in [4.78, 5) is 0.216. The van der Waals surface area contributed by atoms with Gasteiger partial charge in [0, 0.05) is 11.1 Å². The summed E-state index contributed by atoms with van der Waals surface area (Å²) in [5, 5.41) is 0. The first-order valence-electron chi connectivity index (χ1n) is 7.18. The van der Waals surface area contributed by atoms with Gasteiger partial charge in [0.05, 0.1) is 5.75 Å². The Morgan fingerprint density at radius 3 is 2.19 bits per heavy atom. The predicted molar refractivity (Wildman–Crippen MR) is 91.7 cm³/mol. The van der Waals surface area contributed by atoms with Crippen molar-refractivity contribution in [2.24, 2.45) is 5.73 Å². The molecule has 0 bridgehead atoms. The third-order valence-corrected chi connectivity index (χ3v) is 5.69. The number of thiocarbonyl (C=S) groups is 1. The molecule has 118 valence electrons. The van der Waals surface area contributed by atoms with Gasteiger partial charge in [-0.2, -0.15) is 0 Å². The summed E-state index contributed by atoms with van der Waals surface area (Å²) in [6, 6.07) is 7.09. The minimum Gasteiger partial charge on any atom is -0.389 e. The number of sulfonamides is 1. The highest BCUT2D eigenvalue weighted by molar-refractivity contribution is 7.88. The van der Waals surface area contributed by atoms with Gasteiger partial charge in [0.25, 0.3) is 0 Å². The van der Waals surface area contributed by atoms with Crippen LogP contribution in [0, 0.1) is 0 Å². The van der Waals surface area contributed by atoms with Crippen molar-refractivity contribution in [3.63, 3.8) is 0 Å². The molecule has 0 amide bonds. The molecule has 0 fully saturated rings. The van der Waals surface area contributed by atoms with Gasteiger partial charge in [0.1, 0.15) is 4.99 Å². The standard InChI is InChI=1S/C15H24N2O2S2/c1-4-15(5-2,6-3)17-21(18,19)11-12-9-7-8-10-13(12)14(16)20/h7-10,17H,4-6,11H2,1-3H3,(H2,16,20). The highest BCUT2D eigenvalue weighted by atomic mass is 32.2. The monoisotopic (exact) mass is 328 g/mol. The van der Waals surface area contributed by atoms with Crippen molar-refractivity contribution in [2.75, 3.05) is 0 Å². The second-order valence-electron chi connectivity index (χ2n) is 5.22. The zero-order valence-corrected chi connectivity index (χ0v) is 14.5. The molecular weight excluding hydrogens is 304 g/mol. The summed E-state index contributed by atoms with van der Waals surface area (Å²) in [7, 11) is -3.45. The molecule has 0 spiro atoms. The third kappa shape index (κ3) is 4.76. The Bertz CT molecular complexity index is 585. The van der Waals surface area contributed by atoms with Crippen LogP contribution in [0.4, 0.5) is 0 Å². The number of nitrogens with one attached hydrogen (secondary N) is 1. The highest BCUT2D eigenvalue weighted by Gasteiger charge is 2.29. The van der Waals surface area contributed by atoms with Crippen molar-refractivity contribution < 1.29 is 8.42 Å². The van der Waals surface area contributed by atoms with Gasteiger partial charge in [-0.25, -0.2) is 13.1 Å². The van der Waals surface area contributed by atoms with Crippen molar-refractivity contribution in [3.8, 4) is 0 Å². The smallest absolute Gasteiger partial charge is 0.216 e. The van der Waals surface area contributed by atoms with E-state index in [0.29, 0.717) is 11.1 Å². The Labute approximate surface area is 133 Å². The highest BCUT2D eigenvalue weighted by Crippen LogP contribution is 2.22. The van der Waals surface area contributed by atoms with E-state index in [0.717, 1.165) is 19.3 Å². The number of rotatable bonds is 8. The molecule has 0 heterocycles. The molecule has 0 saturated carbocycles. The molecule has 6 heteroatoms. The van der Waals surface area contributed by atoms with E-state index in [-0.39, 0.29) is 16.3 Å². The first-order valence-corrected chi connectivity index (χ1v) is 9.24. The summed E-state index contributed by atoms with van der Waals surface area (Å²) < 4.78 is 27.8. The Hall–Kier alpha value is -0.980. The van der Waals surface area contributed by atoms with Gasteiger partial charge in [-0.1, -0.05) is 57.3 Å². The Kier molecular flexibility index (Phi) is 6.31. The summed E-state index contributed by atoms with van der Waals surface area (Å²) in [5.41, 5.74) is 6.53. The van der Waals surface area contributed by atoms with Crippen LogP contribution in [0.1, 0.15) is 51.2 Å². The van der Waals surface area contributed by atoms with Crippen molar-refractivity contribution in [2.45, 2.75) is 51.3 Å². The van der Waals surface area contributed by atoms with Crippen LogP contribution in [0.5, 0.6) is 0 Å². The second kappa shape index (κ2) is 7.33. The Morgan fingerprint density at radius 2 is 1.71 bits per heavy atom. The van der Waals surface area contributed by atoms with Crippen molar-refractivity contribution in [3.05, 3.63) is 35.4 Å². The van der Waals surface area contributed by atoms with Gasteiger partial charge in [-0.15, -0.1) is 0 Å². The maximum atomic E-state index is 12.5. The van der Waals surface area contributed by atoms with E-state index in [2.05, 4.69) is 4.72 Å². The first-order chi connectivity index (χ1) is 9.79. The summed E-state index contributed by atoms with van der Waals surface area (Å²) in [5.74, 6) is -0.109. The molecule has 0 aromatic heterocycles. The van der Waals surface area contributed by atoms with Crippen LogP contribution in [-0.2, 0) is 15.8 Å². The SMILES string of the molecule is CCC(CC)(CC)NS(=O)(=O)Cc1ccccc1C(N)=S. The van der Waals surface area contributed by atoms with E-state index in [9.17, 15) is 8.42 Å². The fourth-order valence-electron chi connectivity index (χ4n) is 2.42. The van der Waals surface area contributed by atoms with Crippen molar-refractivity contribution in [1.82, 2.24) is 4.72 Å². The largest absolute Gasteiger partial charge is 0.389 e. The maximum absolute atomic E-state index is 12.5. The molecule has 3 N–H and O–H groups in total. The minimum atomic E-state index is -3.45. The molecule has 0 atom stereocenters. The summed E-state index contributed by atoms with van der Waals surface area (Å²) >= 11 is 4.98. The van der Waals surface area contributed by atoms with Crippen LogP contribution in [0.2, 0.25) is 0 Å². The van der Waals surface area contributed by atoms with Crippen molar-refractivity contribution >= 4 is 27.2 Å². The predicted octanol–water partition coefficient (Wildman–Crippen LogP) is 2.71. The molecular formula is C15H24N2O2S2. The minimum absolute atomic E-state index is 0.109. The van der Waals surface area contributed by atoms with E-state index in [4.69, 9.17) is 18.0 Å². The van der Waals surface area contributed by atoms with Crippen LogP contribution >= 0.6 is 12.2 Å². The quantitative estimate of drug-likeness (QED) is 0.720. The number of hydrogen-bond acceptors (Lipinski definition) is 3. The molecule has 0 aliphatic carbocycles. The molecule has 0 unspecified atom stereocenters. The summed E-state index contributed by atoms with van der Waals surface area (Å²) in [6.07, 6.45) is 2.28. The van der Waals surface area contributed by atoms with Crippen LogP contribution in [0.3, 0.4) is 0 Å². The lowest BCUT2D eigenvalue weighted by atomic mass is 9.91. The normalized spacial score (nSPS) is 12.3. The fraction of sp³-hybridized carbons (Fsp3) is 0.533. The average molecular weight is 329 g/mol. The van der Waals surface area contributed by atoms with E-state index >= 15 is 0 Å². The van der Waals surface area contributed by atoms with E-state index in [1.807, 2.05) is 20.8 Å². The van der Waals surface area contributed by atoms with Crippen LogP contribution in [0.15, 0.2) is 24.3 Å². The van der Waals surface area contributed by atoms with Crippen LogP contribution in [-0.4, -0.2) is 18.9 Å².